The maximum Gasteiger partial charge on any atom is 0.343 e. The molecule has 3 atom stereocenters. The van der Waals surface area contributed by atoms with Crippen molar-refractivity contribution in [2.75, 3.05) is 13.1 Å². The average Bonchev–Trinajstić information content (AvgIpc) is 3.13. The van der Waals surface area contributed by atoms with Crippen molar-refractivity contribution in [3.05, 3.63) is 35.4 Å². The van der Waals surface area contributed by atoms with Crippen molar-refractivity contribution in [2.45, 2.75) is 31.4 Å². The van der Waals surface area contributed by atoms with Crippen LogP contribution in [-0.2, 0) is 9.59 Å². The molecule has 1 aromatic rings. The smallest absolute Gasteiger partial charge is 0.343 e. The number of amides is 1. The van der Waals surface area contributed by atoms with E-state index in [4.69, 9.17) is 5.11 Å². The molecule has 3 rings (SSSR count). The lowest BCUT2D eigenvalue weighted by Crippen LogP contribution is -2.39. The predicted molar refractivity (Wildman–Crippen MR) is 74.7 cm³/mol. The van der Waals surface area contributed by atoms with Gasteiger partial charge in [0.2, 0.25) is 11.6 Å². The van der Waals surface area contributed by atoms with Gasteiger partial charge in [-0.05, 0) is 30.4 Å². The first-order chi connectivity index (χ1) is 9.92. The van der Waals surface area contributed by atoms with Crippen molar-refractivity contribution >= 4 is 11.9 Å². The zero-order chi connectivity index (χ0) is 15.2. The van der Waals surface area contributed by atoms with Crippen LogP contribution in [-0.4, -0.2) is 40.6 Å². The number of carboxylic acid groups (broad SMARTS) is 1. The summed E-state index contributed by atoms with van der Waals surface area (Å²) in [5.74, 6) is -1.51. The van der Waals surface area contributed by atoms with Crippen LogP contribution in [0.3, 0.4) is 0 Å². The molecule has 112 valence electrons. The number of benzene rings is 1. The van der Waals surface area contributed by atoms with Gasteiger partial charge in [-0.2, -0.15) is 0 Å². The molecule has 3 unspecified atom stereocenters. The summed E-state index contributed by atoms with van der Waals surface area (Å²) in [5.41, 5.74) is 0.0484. The Bertz CT molecular complexity index is 603. The summed E-state index contributed by atoms with van der Waals surface area (Å²) in [4.78, 5) is 24.6. The zero-order valence-corrected chi connectivity index (χ0v) is 11.9. The summed E-state index contributed by atoms with van der Waals surface area (Å²) in [5, 5.41) is 8.88. The van der Waals surface area contributed by atoms with Gasteiger partial charge >= 0.3 is 5.97 Å². The third kappa shape index (κ3) is 2.41. The number of hydrogen-bond donors (Lipinski definition) is 1. The maximum absolute atomic E-state index is 14.0. The molecule has 1 aliphatic carbocycles. The first-order valence-corrected chi connectivity index (χ1v) is 7.19. The SMILES string of the molecule is Cc1ccccc1C1CC1C(=O)N1CCC(F)(C(=O)O)C1. The van der Waals surface area contributed by atoms with E-state index in [0.717, 1.165) is 12.0 Å². The van der Waals surface area contributed by atoms with Crippen LogP contribution in [0, 0.1) is 12.8 Å². The second kappa shape index (κ2) is 4.83. The molecule has 2 fully saturated rings. The number of aryl methyl sites for hydroxylation is 1. The van der Waals surface area contributed by atoms with Crippen LogP contribution in [0.15, 0.2) is 24.3 Å². The Morgan fingerprint density at radius 2 is 2.10 bits per heavy atom. The molecule has 4 nitrogen and oxygen atoms in total. The van der Waals surface area contributed by atoms with Crippen molar-refractivity contribution < 1.29 is 19.1 Å². The molecular formula is C16H18FNO3. The number of likely N-dealkylation sites (tertiary alicyclic amines) is 1. The lowest BCUT2D eigenvalue weighted by molar-refractivity contribution is -0.150. The number of hydrogen-bond acceptors (Lipinski definition) is 2. The minimum Gasteiger partial charge on any atom is -0.479 e. The van der Waals surface area contributed by atoms with Gasteiger partial charge in [0.25, 0.3) is 0 Å². The quantitative estimate of drug-likeness (QED) is 0.928. The molecule has 1 aromatic carbocycles. The second-order valence-corrected chi connectivity index (χ2v) is 6.09. The monoisotopic (exact) mass is 291 g/mol. The highest BCUT2D eigenvalue weighted by Crippen LogP contribution is 2.50. The van der Waals surface area contributed by atoms with Crippen molar-refractivity contribution in [3.8, 4) is 0 Å². The van der Waals surface area contributed by atoms with E-state index in [-0.39, 0.29) is 37.3 Å². The molecular weight excluding hydrogens is 273 g/mol. The molecule has 1 amide bonds. The predicted octanol–water partition coefficient (Wildman–Crippen LogP) is 2.12. The number of alkyl halides is 1. The second-order valence-electron chi connectivity index (χ2n) is 6.09. The number of carbonyl (C=O) groups is 2. The number of carboxylic acids is 1. The molecule has 1 saturated carbocycles. The highest BCUT2D eigenvalue weighted by Gasteiger charge is 2.52. The van der Waals surface area contributed by atoms with E-state index in [1.54, 1.807) is 0 Å². The lowest BCUT2D eigenvalue weighted by atomic mass is 10.0. The van der Waals surface area contributed by atoms with Crippen molar-refractivity contribution in [2.24, 2.45) is 5.92 Å². The molecule has 5 heteroatoms. The van der Waals surface area contributed by atoms with Gasteiger partial charge in [0.05, 0.1) is 6.54 Å². The first-order valence-electron chi connectivity index (χ1n) is 7.19. The topological polar surface area (TPSA) is 57.6 Å². The van der Waals surface area contributed by atoms with Crippen LogP contribution in [0.5, 0.6) is 0 Å². The third-order valence-corrected chi connectivity index (χ3v) is 4.61. The van der Waals surface area contributed by atoms with Gasteiger partial charge in [-0.3, -0.25) is 4.79 Å². The minimum atomic E-state index is -2.28. The molecule has 2 aliphatic rings. The van der Waals surface area contributed by atoms with Crippen LogP contribution in [0.4, 0.5) is 4.39 Å². The Hall–Kier alpha value is -1.91. The Kier molecular flexibility index (Phi) is 3.23. The van der Waals surface area contributed by atoms with E-state index in [2.05, 4.69) is 0 Å². The van der Waals surface area contributed by atoms with Crippen LogP contribution in [0.1, 0.15) is 29.9 Å². The van der Waals surface area contributed by atoms with Crippen LogP contribution in [0.2, 0.25) is 0 Å². The molecule has 1 N–H and O–H groups in total. The average molecular weight is 291 g/mol. The number of carbonyl (C=O) groups excluding carboxylic acids is 1. The van der Waals surface area contributed by atoms with Gasteiger partial charge in [-0.15, -0.1) is 0 Å². The van der Waals surface area contributed by atoms with Gasteiger partial charge in [0.15, 0.2) is 0 Å². The molecule has 1 heterocycles. The van der Waals surface area contributed by atoms with Crippen LogP contribution >= 0.6 is 0 Å². The van der Waals surface area contributed by atoms with E-state index < -0.39 is 11.6 Å². The molecule has 0 bridgehead atoms. The molecule has 0 spiro atoms. The Labute approximate surface area is 122 Å². The van der Waals surface area contributed by atoms with Crippen molar-refractivity contribution in [3.63, 3.8) is 0 Å². The Morgan fingerprint density at radius 3 is 2.71 bits per heavy atom. The summed E-state index contributed by atoms with van der Waals surface area (Å²) in [6.45, 7) is 1.89. The summed E-state index contributed by atoms with van der Waals surface area (Å²) in [7, 11) is 0. The number of nitrogens with zero attached hydrogens (tertiary/aromatic N) is 1. The fraction of sp³-hybridized carbons (Fsp3) is 0.500. The molecule has 0 aromatic heterocycles. The van der Waals surface area contributed by atoms with E-state index in [1.807, 2.05) is 31.2 Å². The number of rotatable bonds is 3. The highest BCUT2D eigenvalue weighted by atomic mass is 19.1. The number of halogens is 1. The van der Waals surface area contributed by atoms with E-state index in [1.165, 1.54) is 10.5 Å². The summed E-state index contributed by atoms with van der Waals surface area (Å²) >= 11 is 0. The Morgan fingerprint density at radius 1 is 1.38 bits per heavy atom. The van der Waals surface area contributed by atoms with E-state index >= 15 is 0 Å². The summed E-state index contributed by atoms with van der Waals surface area (Å²) in [6, 6.07) is 7.95. The molecule has 1 aliphatic heterocycles. The van der Waals surface area contributed by atoms with Gasteiger partial charge in [0, 0.05) is 18.9 Å². The normalized spacial score (nSPS) is 31.2. The maximum atomic E-state index is 14.0. The molecule has 0 radical (unpaired) electrons. The molecule has 21 heavy (non-hydrogen) atoms. The third-order valence-electron chi connectivity index (χ3n) is 4.61. The van der Waals surface area contributed by atoms with Crippen molar-refractivity contribution in [1.82, 2.24) is 4.90 Å². The summed E-state index contributed by atoms with van der Waals surface area (Å²) in [6.07, 6.45) is 0.655. The number of aliphatic carboxylic acids is 1. The largest absolute Gasteiger partial charge is 0.479 e. The minimum absolute atomic E-state index is 0.107. The fourth-order valence-corrected chi connectivity index (χ4v) is 3.18. The Balaban J connectivity index is 1.67. The molecule has 1 saturated heterocycles. The van der Waals surface area contributed by atoms with Crippen molar-refractivity contribution in [1.29, 1.82) is 0 Å². The van der Waals surface area contributed by atoms with Gasteiger partial charge in [-0.1, -0.05) is 24.3 Å². The standard InChI is InChI=1S/C16H18FNO3/c1-10-4-2-3-5-11(10)12-8-13(12)14(19)18-7-6-16(17,9-18)15(20)21/h2-5,12-13H,6-9H2,1H3,(H,20,21). The van der Waals surface area contributed by atoms with Crippen LogP contribution in [0.25, 0.3) is 0 Å². The van der Waals surface area contributed by atoms with Gasteiger partial charge in [0.1, 0.15) is 0 Å². The first kappa shape index (κ1) is 14.0. The fourth-order valence-electron chi connectivity index (χ4n) is 3.18. The van der Waals surface area contributed by atoms with Gasteiger partial charge in [-0.25, -0.2) is 9.18 Å². The highest BCUT2D eigenvalue weighted by molar-refractivity contribution is 5.86. The van der Waals surface area contributed by atoms with Gasteiger partial charge < -0.3 is 10.0 Å². The summed E-state index contributed by atoms with van der Waals surface area (Å²) < 4.78 is 14.0. The van der Waals surface area contributed by atoms with E-state index in [9.17, 15) is 14.0 Å². The lowest BCUT2D eigenvalue weighted by Gasteiger charge is -2.18. The van der Waals surface area contributed by atoms with E-state index in [0.29, 0.717) is 0 Å². The zero-order valence-electron chi connectivity index (χ0n) is 11.9. The van der Waals surface area contributed by atoms with Crippen LogP contribution < -0.4 is 0 Å².